The standard InChI is InChI=1S/C13H20N2O3/c1-4-9(8(2)3)15-11(17)13(6-5-7-13)10(16)14-12(15)18/h8-9H,4-7H2,1-3H3,(H,14,16,18). The molecule has 4 amide bonds. The molecule has 1 atom stereocenters. The van der Waals surface area contributed by atoms with E-state index >= 15 is 0 Å². The lowest BCUT2D eigenvalue weighted by Crippen LogP contribution is -2.68. The second-order valence-electron chi connectivity index (χ2n) is 5.59. The zero-order chi connectivity index (χ0) is 13.5. The first-order valence-electron chi connectivity index (χ1n) is 6.63. The first-order chi connectivity index (χ1) is 8.44. The highest BCUT2D eigenvalue weighted by atomic mass is 16.2. The number of carbonyl (C=O) groups excluding carboxylic acids is 3. The molecule has 2 aliphatic rings. The van der Waals surface area contributed by atoms with Crippen LogP contribution in [0.25, 0.3) is 0 Å². The van der Waals surface area contributed by atoms with Crippen LogP contribution in [-0.4, -0.2) is 28.8 Å². The van der Waals surface area contributed by atoms with Crippen molar-refractivity contribution in [1.82, 2.24) is 10.2 Å². The van der Waals surface area contributed by atoms with Crippen molar-refractivity contribution >= 4 is 17.8 Å². The lowest BCUT2D eigenvalue weighted by molar-refractivity contribution is -0.159. The van der Waals surface area contributed by atoms with Crippen molar-refractivity contribution in [2.75, 3.05) is 0 Å². The molecular formula is C13H20N2O3. The van der Waals surface area contributed by atoms with Gasteiger partial charge in [0.05, 0.1) is 0 Å². The Morgan fingerprint density at radius 3 is 2.28 bits per heavy atom. The maximum atomic E-state index is 12.5. The summed E-state index contributed by atoms with van der Waals surface area (Å²) in [5.74, 6) is -0.503. The summed E-state index contributed by atoms with van der Waals surface area (Å²) in [5, 5.41) is 2.35. The third kappa shape index (κ3) is 1.64. The quantitative estimate of drug-likeness (QED) is 0.777. The number of urea groups is 1. The molecule has 0 bridgehead atoms. The molecule has 2 rings (SSSR count). The van der Waals surface area contributed by atoms with Gasteiger partial charge in [-0.3, -0.25) is 19.8 Å². The number of nitrogens with one attached hydrogen (secondary N) is 1. The van der Waals surface area contributed by atoms with Gasteiger partial charge < -0.3 is 0 Å². The molecule has 1 saturated carbocycles. The molecule has 1 saturated heterocycles. The van der Waals surface area contributed by atoms with Gasteiger partial charge in [0.15, 0.2) is 0 Å². The van der Waals surface area contributed by atoms with Crippen LogP contribution in [0.15, 0.2) is 0 Å². The first kappa shape index (κ1) is 13.1. The van der Waals surface area contributed by atoms with Gasteiger partial charge in [0.1, 0.15) is 5.41 Å². The van der Waals surface area contributed by atoms with Gasteiger partial charge in [0, 0.05) is 6.04 Å². The largest absolute Gasteiger partial charge is 0.331 e. The van der Waals surface area contributed by atoms with Gasteiger partial charge in [-0.05, 0) is 25.2 Å². The lowest BCUT2D eigenvalue weighted by Gasteiger charge is -2.47. The SMILES string of the molecule is CCC(C(C)C)N1C(=O)NC(=O)C2(CCC2)C1=O. The van der Waals surface area contributed by atoms with Gasteiger partial charge >= 0.3 is 6.03 Å². The summed E-state index contributed by atoms with van der Waals surface area (Å²) in [7, 11) is 0. The average Bonchev–Trinajstić information content (AvgIpc) is 2.21. The zero-order valence-corrected chi connectivity index (χ0v) is 11.2. The fourth-order valence-electron chi connectivity index (χ4n) is 2.92. The van der Waals surface area contributed by atoms with E-state index in [0.717, 1.165) is 6.42 Å². The molecule has 18 heavy (non-hydrogen) atoms. The Kier molecular flexibility index (Phi) is 3.17. The van der Waals surface area contributed by atoms with Gasteiger partial charge in [-0.1, -0.05) is 27.2 Å². The van der Waals surface area contributed by atoms with E-state index < -0.39 is 17.4 Å². The fourth-order valence-corrected chi connectivity index (χ4v) is 2.92. The number of hydrogen-bond donors (Lipinski definition) is 1. The normalized spacial score (nSPS) is 24.2. The molecule has 1 aliphatic heterocycles. The third-order valence-electron chi connectivity index (χ3n) is 4.23. The Morgan fingerprint density at radius 1 is 1.28 bits per heavy atom. The highest BCUT2D eigenvalue weighted by molar-refractivity contribution is 6.19. The average molecular weight is 252 g/mol. The van der Waals surface area contributed by atoms with Gasteiger partial charge in [0.2, 0.25) is 11.8 Å². The molecule has 5 nitrogen and oxygen atoms in total. The van der Waals surface area contributed by atoms with E-state index in [-0.39, 0.29) is 17.9 Å². The molecule has 1 N–H and O–H groups in total. The Balaban J connectivity index is 2.32. The highest BCUT2D eigenvalue weighted by Crippen LogP contribution is 2.45. The molecule has 1 aliphatic carbocycles. The highest BCUT2D eigenvalue weighted by Gasteiger charge is 2.58. The van der Waals surface area contributed by atoms with Gasteiger partial charge in [-0.15, -0.1) is 0 Å². The molecule has 2 fully saturated rings. The molecule has 1 spiro atoms. The smallest absolute Gasteiger partial charge is 0.277 e. The summed E-state index contributed by atoms with van der Waals surface area (Å²) < 4.78 is 0. The number of amides is 4. The van der Waals surface area contributed by atoms with Crippen LogP contribution in [0, 0.1) is 11.3 Å². The van der Waals surface area contributed by atoms with Gasteiger partial charge in [-0.2, -0.15) is 0 Å². The minimum Gasteiger partial charge on any atom is -0.277 e. The van der Waals surface area contributed by atoms with E-state index in [1.807, 2.05) is 20.8 Å². The van der Waals surface area contributed by atoms with Crippen LogP contribution >= 0.6 is 0 Å². The molecule has 1 unspecified atom stereocenters. The molecule has 100 valence electrons. The number of hydrogen-bond acceptors (Lipinski definition) is 3. The Hall–Kier alpha value is -1.39. The lowest BCUT2D eigenvalue weighted by atomic mass is 9.66. The number of imide groups is 2. The molecule has 1 heterocycles. The predicted octanol–water partition coefficient (Wildman–Crippen LogP) is 1.67. The van der Waals surface area contributed by atoms with Crippen LogP contribution < -0.4 is 5.32 Å². The number of carbonyl (C=O) groups is 3. The predicted molar refractivity (Wildman–Crippen MR) is 65.6 cm³/mol. The van der Waals surface area contributed by atoms with Crippen LogP contribution in [0.4, 0.5) is 4.79 Å². The fraction of sp³-hybridized carbons (Fsp3) is 0.769. The van der Waals surface area contributed by atoms with E-state index in [2.05, 4.69) is 5.32 Å². The summed E-state index contributed by atoms with van der Waals surface area (Å²) in [4.78, 5) is 37.6. The summed E-state index contributed by atoms with van der Waals surface area (Å²) in [6, 6.07) is -0.689. The Morgan fingerprint density at radius 2 is 1.89 bits per heavy atom. The van der Waals surface area contributed by atoms with Crippen molar-refractivity contribution in [3.63, 3.8) is 0 Å². The minimum absolute atomic E-state index is 0.136. The number of nitrogens with zero attached hydrogens (tertiary/aromatic N) is 1. The van der Waals surface area contributed by atoms with Gasteiger partial charge in [0.25, 0.3) is 0 Å². The van der Waals surface area contributed by atoms with E-state index in [0.29, 0.717) is 19.3 Å². The van der Waals surface area contributed by atoms with Crippen molar-refractivity contribution in [2.24, 2.45) is 11.3 Å². The molecule has 0 aromatic rings. The topological polar surface area (TPSA) is 66.5 Å². The van der Waals surface area contributed by atoms with Crippen LogP contribution in [0.3, 0.4) is 0 Å². The van der Waals surface area contributed by atoms with Crippen molar-refractivity contribution in [2.45, 2.75) is 52.5 Å². The van der Waals surface area contributed by atoms with Crippen molar-refractivity contribution in [3.8, 4) is 0 Å². The van der Waals surface area contributed by atoms with Crippen molar-refractivity contribution in [3.05, 3.63) is 0 Å². The van der Waals surface area contributed by atoms with E-state index in [9.17, 15) is 14.4 Å². The zero-order valence-electron chi connectivity index (χ0n) is 11.2. The van der Waals surface area contributed by atoms with E-state index in [4.69, 9.17) is 0 Å². The summed E-state index contributed by atoms with van der Waals surface area (Å²) in [6.07, 6.45) is 2.71. The third-order valence-corrected chi connectivity index (χ3v) is 4.23. The Labute approximate surface area is 107 Å². The minimum atomic E-state index is -0.948. The summed E-state index contributed by atoms with van der Waals surface area (Å²) in [5.41, 5.74) is -0.948. The number of barbiturate groups is 1. The van der Waals surface area contributed by atoms with Crippen LogP contribution in [0.1, 0.15) is 46.5 Å². The van der Waals surface area contributed by atoms with Crippen molar-refractivity contribution < 1.29 is 14.4 Å². The molecule has 0 aromatic heterocycles. The summed E-state index contributed by atoms with van der Waals surface area (Å²) in [6.45, 7) is 5.92. The second kappa shape index (κ2) is 4.37. The second-order valence-corrected chi connectivity index (χ2v) is 5.59. The Bertz CT molecular complexity index is 399. The van der Waals surface area contributed by atoms with Crippen LogP contribution in [0.2, 0.25) is 0 Å². The van der Waals surface area contributed by atoms with Gasteiger partial charge in [-0.25, -0.2) is 4.79 Å². The molecule has 0 radical (unpaired) electrons. The van der Waals surface area contributed by atoms with E-state index in [1.165, 1.54) is 4.90 Å². The maximum Gasteiger partial charge on any atom is 0.331 e. The maximum absolute atomic E-state index is 12.5. The van der Waals surface area contributed by atoms with Crippen LogP contribution in [0.5, 0.6) is 0 Å². The molecular weight excluding hydrogens is 232 g/mol. The number of rotatable bonds is 3. The molecule has 5 heteroatoms. The van der Waals surface area contributed by atoms with E-state index in [1.54, 1.807) is 0 Å². The monoisotopic (exact) mass is 252 g/mol. The van der Waals surface area contributed by atoms with Crippen LogP contribution in [-0.2, 0) is 9.59 Å². The summed E-state index contributed by atoms with van der Waals surface area (Å²) >= 11 is 0. The first-order valence-corrected chi connectivity index (χ1v) is 6.63. The van der Waals surface area contributed by atoms with Crippen molar-refractivity contribution in [1.29, 1.82) is 0 Å². The molecule has 0 aromatic carbocycles.